The molecule has 0 fully saturated rings. The lowest BCUT2D eigenvalue weighted by molar-refractivity contribution is 1.18. The first-order valence-electron chi connectivity index (χ1n) is 13.7. The Balaban J connectivity index is 1.09. The van der Waals surface area contributed by atoms with Crippen LogP contribution in [0.3, 0.4) is 0 Å². The predicted octanol–water partition coefficient (Wildman–Crippen LogP) is 11.1. The van der Waals surface area contributed by atoms with Gasteiger partial charge in [-0.15, -0.1) is 11.3 Å². The maximum atomic E-state index is 2.40. The van der Waals surface area contributed by atoms with Crippen LogP contribution < -0.4 is 0 Å². The lowest BCUT2D eigenvalue weighted by Crippen LogP contribution is -1.93. The van der Waals surface area contributed by atoms with Gasteiger partial charge >= 0.3 is 0 Å². The molecule has 7 aromatic carbocycles. The number of hydrogen-bond acceptors (Lipinski definition) is 1. The van der Waals surface area contributed by atoms with E-state index in [1.54, 1.807) is 0 Å². The molecular weight excluding hydrogens is 502 g/mol. The Kier molecular flexibility index (Phi) is 4.55. The number of nitrogens with zero attached hydrogens (tertiary/aromatic N) is 1. The lowest BCUT2D eigenvalue weighted by Gasteiger charge is -2.10. The maximum Gasteiger partial charge on any atom is 0.0547 e. The Bertz CT molecular complexity index is 2280. The van der Waals surface area contributed by atoms with Gasteiger partial charge in [-0.2, -0.15) is 0 Å². The topological polar surface area (TPSA) is 4.93 Å². The molecule has 40 heavy (non-hydrogen) atoms. The Morgan fingerprint density at radius 3 is 1.62 bits per heavy atom. The average molecular weight is 526 g/mol. The van der Waals surface area contributed by atoms with Crippen molar-refractivity contribution in [1.82, 2.24) is 4.57 Å². The largest absolute Gasteiger partial charge is 0.309 e. The Morgan fingerprint density at radius 2 is 0.950 bits per heavy atom. The molecule has 0 spiro atoms. The van der Waals surface area contributed by atoms with Crippen LogP contribution >= 0.6 is 11.3 Å². The van der Waals surface area contributed by atoms with E-state index in [0.29, 0.717) is 0 Å². The Labute approximate surface area is 235 Å². The van der Waals surface area contributed by atoms with Crippen molar-refractivity contribution in [3.63, 3.8) is 0 Å². The van der Waals surface area contributed by atoms with Crippen molar-refractivity contribution >= 4 is 64.1 Å². The van der Waals surface area contributed by atoms with Crippen molar-refractivity contribution in [1.29, 1.82) is 0 Å². The van der Waals surface area contributed by atoms with Crippen molar-refractivity contribution in [3.05, 3.63) is 140 Å². The SMILES string of the molecule is c1ccc2c(c1)sc1ccc(-c3ccc(-c4ccc(-n5c6cccc7ccc8cccc5c8c76)cc4)cc3)cc12. The molecule has 2 heterocycles. The van der Waals surface area contributed by atoms with Crippen molar-refractivity contribution in [2.75, 3.05) is 0 Å². The molecule has 0 N–H and O–H groups in total. The summed E-state index contributed by atoms with van der Waals surface area (Å²) in [6.45, 7) is 0. The standard InChI is InChI=1S/C38H23NS/c1-2-10-35-31(7-1)32-23-29(19-22-36(32)40-35)26-13-11-24(12-14-26)25-17-20-30(21-18-25)39-33-8-3-5-27-15-16-28-6-4-9-34(39)38(28)37(27)33/h1-23H. The summed E-state index contributed by atoms with van der Waals surface area (Å²) in [4.78, 5) is 0. The Hall–Kier alpha value is -4.92. The van der Waals surface area contributed by atoms with Crippen LogP contribution in [0.15, 0.2) is 140 Å². The summed E-state index contributed by atoms with van der Waals surface area (Å²) in [6, 6.07) is 51.2. The zero-order valence-corrected chi connectivity index (χ0v) is 22.5. The fraction of sp³-hybridized carbons (Fsp3) is 0. The van der Waals surface area contributed by atoms with Crippen LogP contribution in [-0.2, 0) is 0 Å². The van der Waals surface area contributed by atoms with Crippen LogP contribution in [0.4, 0.5) is 0 Å². The summed E-state index contributed by atoms with van der Waals surface area (Å²) < 4.78 is 5.09. The smallest absolute Gasteiger partial charge is 0.0547 e. The van der Waals surface area contributed by atoms with Crippen molar-refractivity contribution in [2.24, 2.45) is 0 Å². The van der Waals surface area contributed by atoms with Crippen LogP contribution in [0, 0.1) is 0 Å². The van der Waals surface area contributed by atoms with Crippen molar-refractivity contribution in [3.8, 4) is 27.9 Å². The fourth-order valence-corrected chi connectivity index (χ4v) is 7.55. The number of hydrogen-bond donors (Lipinski definition) is 0. The highest BCUT2D eigenvalue weighted by Gasteiger charge is 2.16. The molecule has 2 aromatic heterocycles. The van der Waals surface area contributed by atoms with Gasteiger partial charge in [-0.25, -0.2) is 0 Å². The third-order valence-electron chi connectivity index (χ3n) is 8.38. The van der Waals surface area contributed by atoms with E-state index in [0.717, 1.165) is 0 Å². The lowest BCUT2D eigenvalue weighted by atomic mass is 9.99. The number of thiophene rings is 1. The summed E-state index contributed by atoms with van der Waals surface area (Å²) in [5, 5.41) is 7.97. The van der Waals surface area contributed by atoms with E-state index in [4.69, 9.17) is 0 Å². The first-order valence-corrected chi connectivity index (χ1v) is 14.5. The summed E-state index contributed by atoms with van der Waals surface area (Å²) in [7, 11) is 0. The maximum absolute atomic E-state index is 2.40. The molecule has 0 saturated heterocycles. The monoisotopic (exact) mass is 525 g/mol. The molecule has 2 heteroatoms. The van der Waals surface area contributed by atoms with Gasteiger partial charge in [0.2, 0.25) is 0 Å². The normalized spacial score (nSPS) is 12.0. The minimum atomic E-state index is 1.19. The molecule has 186 valence electrons. The molecule has 0 amide bonds. The molecule has 0 radical (unpaired) electrons. The van der Waals surface area contributed by atoms with E-state index < -0.39 is 0 Å². The quantitative estimate of drug-likeness (QED) is 0.202. The zero-order chi connectivity index (χ0) is 26.2. The highest BCUT2D eigenvalue weighted by molar-refractivity contribution is 7.25. The first kappa shape index (κ1) is 22.0. The third-order valence-corrected chi connectivity index (χ3v) is 9.53. The first-order chi connectivity index (χ1) is 19.8. The minimum Gasteiger partial charge on any atom is -0.309 e. The fourth-order valence-electron chi connectivity index (χ4n) is 6.46. The van der Waals surface area contributed by atoms with Crippen LogP contribution in [0.5, 0.6) is 0 Å². The van der Waals surface area contributed by atoms with Gasteiger partial charge in [-0.1, -0.05) is 97.1 Å². The predicted molar refractivity (Wildman–Crippen MR) is 173 cm³/mol. The molecule has 0 bridgehead atoms. The van der Waals surface area contributed by atoms with Gasteiger partial charge in [0.25, 0.3) is 0 Å². The van der Waals surface area contributed by atoms with Gasteiger partial charge in [0, 0.05) is 36.6 Å². The second kappa shape index (κ2) is 8.29. The number of benzene rings is 7. The molecular formula is C38H23NS. The summed E-state index contributed by atoms with van der Waals surface area (Å²) in [5.41, 5.74) is 8.67. The molecule has 9 rings (SSSR count). The number of rotatable bonds is 3. The molecule has 1 nitrogen and oxygen atoms in total. The number of aromatic nitrogens is 1. The molecule has 0 aliphatic carbocycles. The van der Waals surface area contributed by atoms with Gasteiger partial charge in [-0.05, 0) is 75.5 Å². The Morgan fingerprint density at radius 1 is 0.400 bits per heavy atom. The van der Waals surface area contributed by atoms with E-state index in [-0.39, 0.29) is 0 Å². The summed E-state index contributed by atoms with van der Waals surface area (Å²) >= 11 is 1.87. The van der Waals surface area contributed by atoms with E-state index in [2.05, 4.69) is 144 Å². The van der Waals surface area contributed by atoms with Gasteiger partial charge in [0.15, 0.2) is 0 Å². The van der Waals surface area contributed by atoms with Gasteiger partial charge in [-0.3, -0.25) is 0 Å². The van der Waals surface area contributed by atoms with Crippen molar-refractivity contribution in [2.45, 2.75) is 0 Å². The van der Waals surface area contributed by atoms with Crippen molar-refractivity contribution < 1.29 is 0 Å². The van der Waals surface area contributed by atoms with Gasteiger partial charge < -0.3 is 4.57 Å². The second-order valence-corrected chi connectivity index (χ2v) is 11.7. The summed E-state index contributed by atoms with van der Waals surface area (Å²) in [6.07, 6.45) is 0. The highest BCUT2D eigenvalue weighted by atomic mass is 32.1. The molecule has 0 unspecified atom stereocenters. The van der Waals surface area contributed by atoms with Crippen LogP contribution in [-0.4, -0.2) is 4.57 Å². The molecule has 0 aliphatic heterocycles. The van der Waals surface area contributed by atoms with E-state index in [1.165, 1.54) is 80.7 Å². The van der Waals surface area contributed by atoms with E-state index in [1.807, 2.05) is 11.3 Å². The van der Waals surface area contributed by atoms with E-state index >= 15 is 0 Å². The molecule has 0 aliphatic rings. The van der Waals surface area contributed by atoms with E-state index in [9.17, 15) is 0 Å². The average Bonchev–Trinajstić information content (AvgIpc) is 3.57. The van der Waals surface area contributed by atoms with Crippen LogP contribution in [0.25, 0.3) is 80.7 Å². The molecule has 9 aromatic rings. The third kappa shape index (κ3) is 3.14. The second-order valence-electron chi connectivity index (χ2n) is 10.6. The number of fused-ring (bicyclic) bond motifs is 3. The molecule has 0 atom stereocenters. The zero-order valence-electron chi connectivity index (χ0n) is 21.6. The van der Waals surface area contributed by atoms with Crippen LogP contribution in [0.2, 0.25) is 0 Å². The van der Waals surface area contributed by atoms with Crippen LogP contribution in [0.1, 0.15) is 0 Å². The highest BCUT2D eigenvalue weighted by Crippen LogP contribution is 2.39. The van der Waals surface area contributed by atoms with Gasteiger partial charge in [0.05, 0.1) is 11.0 Å². The molecule has 0 saturated carbocycles. The van der Waals surface area contributed by atoms with Gasteiger partial charge in [0.1, 0.15) is 0 Å². The minimum absolute atomic E-state index is 1.19. The summed E-state index contributed by atoms with van der Waals surface area (Å²) in [5.74, 6) is 0.